The maximum Gasteiger partial charge on any atom is 0.174 e. The lowest BCUT2D eigenvalue weighted by Crippen LogP contribution is -2.63. The number of methoxy groups -OCH3 is 1. The zero-order chi connectivity index (χ0) is 24.4. The molecule has 1 aliphatic rings. The molecule has 180 valence electrons. The van der Waals surface area contributed by atoms with Crippen LogP contribution in [0.5, 0.6) is 5.75 Å². The molecule has 0 aliphatic carbocycles. The van der Waals surface area contributed by atoms with Crippen LogP contribution in [-0.2, 0) is 6.54 Å². The minimum absolute atomic E-state index is 0.00278. The minimum atomic E-state index is 0.00278. The number of anilines is 2. The van der Waals surface area contributed by atoms with Crippen molar-refractivity contribution in [3.05, 3.63) is 53.1 Å². The van der Waals surface area contributed by atoms with E-state index in [1.54, 1.807) is 7.11 Å². The summed E-state index contributed by atoms with van der Waals surface area (Å²) in [7, 11) is 5.76. The lowest BCUT2D eigenvalue weighted by atomic mass is 9.79. The van der Waals surface area contributed by atoms with E-state index in [1.165, 1.54) is 11.3 Å². The Morgan fingerprint density at radius 3 is 2.24 bits per heavy atom. The van der Waals surface area contributed by atoms with Crippen molar-refractivity contribution in [2.45, 2.75) is 64.2 Å². The molecule has 0 unspecified atom stereocenters. The SMILES string of the molecule is COc1ccc(Cl)cc1NC(=S)N(Cc1ccc(N(C)C)cc1)C1CC(C)(C)NC(C)(C)C1. The number of rotatable bonds is 6. The first-order valence-electron chi connectivity index (χ1n) is 11.4. The summed E-state index contributed by atoms with van der Waals surface area (Å²) >= 11 is 12.3. The van der Waals surface area contributed by atoms with Crippen molar-refractivity contribution in [3.63, 3.8) is 0 Å². The smallest absolute Gasteiger partial charge is 0.174 e. The van der Waals surface area contributed by atoms with Gasteiger partial charge in [-0.25, -0.2) is 0 Å². The van der Waals surface area contributed by atoms with E-state index in [-0.39, 0.29) is 17.1 Å². The van der Waals surface area contributed by atoms with E-state index in [2.05, 4.69) is 86.5 Å². The highest BCUT2D eigenvalue weighted by atomic mass is 35.5. The van der Waals surface area contributed by atoms with E-state index >= 15 is 0 Å². The molecule has 3 rings (SSSR count). The van der Waals surface area contributed by atoms with Crippen LogP contribution in [0.4, 0.5) is 11.4 Å². The summed E-state index contributed by atoms with van der Waals surface area (Å²) in [6.45, 7) is 9.78. The summed E-state index contributed by atoms with van der Waals surface area (Å²) in [5.41, 5.74) is 3.18. The molecule has 2 aromatic carbocycles. The first-order valence-corrected chi connectivity index (χ1v) is 12.1. The molecule has 0 atom stereocenters. The summed E-state index contributed by atoms with van der Waals surface area (Å²) in [5, 5.41) is 8.51. The quantitative estimate of drug-likeness (QED) is 0.491. The Kier molecular flexibility index (Phi) is 7.82. The van der Waals surface area contributed by atoms with Gasteiger partial charge in [0.25, 0.3) is 0 Å². The van der Waals surface area contributed by atoms with E-state index in [0.29, 0.717) is 15.9 Å². The van der Waals surface area contributed by atoms with Crippen molar-refractivity contribution in [2.75, 3.05) is 31.4 Å². The van der Waals surface area contributed by atoms with E-state index in [1.807, 2.05) is 18.2 Å². The fraction of sp³-hybridized carbons (Fsp3) is 0.500. The number of halogens is 1. The van der Waals surface area contributed by atoms with E-state index < -0.39 is 0 Å². The molecule has 0 aromatic heterocycles. The summed E-state index contributed by atoms with van der Waals surface area (Å²) in [5.74, 6) is 0.711. The summed E-state index contributed by atoms with van der Waals surface area (Å²) in [6, 6.07) is 14.5. The fourth-order valence-electron chi connectivity index (χ4n) is 4.92. The van der Waals surface area contributed by atoms with E-state index in [0.717, 1.165) is 25.1 Å². The van der Waals surface area contributed by atoms with Crippen molar-refractivity contribution < 1.29 is 4.74 Å². The molecule has 0 amide bonds. The molecule has 1 heterocycles. The van der Waals surface area contributed by atoms with Gasteiger partial charge in [-0.05, 0) is 88.6 Å². The molecule has 1 saturated heterocycles. The average Bonchev–Trinajstić information content (AvgIpc) is 2.70. The lowest BCUT2D eigenvalue weighted by Gasteiger charge is -2.50. The van der Waals surface area contributed by atoms with Crippen molar-refractivity contribution >= 4 is 40.3 Å². The van der Waals surface area contributed by atoms with Crippen LogP contribution in [0.15, 0.2) is 42.5 Å². The highest BCUT2D eigenvalue weighted by Crippen LogP contribution is 2.34. The molecule has 5 nitrogen and oxygen atoms in total. The number of thiocarbonyl (C=S) groups is 1. The summed E-state index contributed by atoms with van der Waals surface area (Å²) in [6.07, 6.45) is 1.97. The molecule has 0 saturated carbocycles. The Hall–Kier alpha value is -2.02. The molecule has 0 bridgehead atoms. The van der Waals surface area contributed by atoms with Gasteiger partial charge in [-0.3, -0.25) is 0 Å². The maximum absolute atomic E-state index is 6.27. The molecule has 2 aromatic rings. The fourth-order valence-corrected chi connectivity index (χ4v) is 5.41. The summed E-state index contributed by atoms with van der Waals surface area (Å²) < 4.78 is 5.53. The predicted octanol–water partition coefficient (Wildman–Crippen LogP) is 5.92. The van der Waals surface area contributed by atoms with Gasteiger partial charge >= 0.3 is 0 Å². The van der Waals surface area contributed by atoms with Gasteiger partial charge in [0, 0.05) is 48.5 Å². The highest BCUT2D eigenvalue weighted by molar-refractivity contribution is 7.80. The Morgan fingerprint density at radius 1 is 1.09 bits per heavy atom. The zero-order valence-corrected chi connectivity index (χ0v) is 22.4. The largest absolute Gasteiger partial charge is 0.495 e. The van der Waals surface area contributed by atoms with Crippen LogP contribution in [0.2, 0.25) is 5.02 Å². The molecule has 0 radical (unpaired) electrons. The second kappa shape index (κ2) is 10.1. The van der Waals surface area contributed by atoms with Crippen LogP contribution in [-0.4, -0.2) is 48.3 Å². The Bertz CT molecular complexity index is 959. The minimum Gasteiger partial charge on any atom is -0.495 e. The molecule has 1 fully saturated rings. The van der Waals surface area contributed by atoms with Crippen molar-refractivity contribution in [1.29, 1.82) is 0 Å². The van der Waals surface area contributed by atoms with Crippen molar-refractivity contribution in [1.82, 2.24) is 10.2 Å². The van der Waals surface area contributed by atoms with Gasteiger partial charge in [0.2, 0.25) is 0 Å². The first-order chi connectivity index (χ1) is 15.4. The number of ether oxygens (including phenoxy) is 1. The monoisotopic (exact) mass is 488 g/mol. The van der Waals surface area contributed by atoms with Gasteiger partial charge in [0.05, 0.1) is 12.8 Å². The number of piperidine rings is 1. The third-order valence-corrected chi connectivity index (χ3v) is 6.65. The molecule has 0 spiro atoms. The van der Waals surface area contributed by atoms with Gasteiger partial charge in [-0.2, -0.15) is 0 Å². The Balaban J connectivity index is 1.92. The predicted molar refractivity (Wildman–Crippen MR) is 145 cm³/mol. The molecule has 1 aliphatic heterocycles. The molecule has 2 N–H and O–H groups in total. The zero-order valence-electron chi connectivity index (χ0n) is 20.8. The van der Waals surface area contributed by atoms with Crippen LogP contribution >= 0.6 is 23.8 Å². The van der Waals surface area contributed by atoms with Gasteiger partial charge in [-0.1, -0.05) is 23.7 Å². The number of benzene rings is 2. The van der Waals surface area contributed by atoms with Crippen LogP contribution in [0.1, 0.15) is 46.1 Å². The van der Waals surface area contributed by atoms with Crippen molar-refractivity contribution in [2.24, 2.45) is 0 Å². The van der Waals surface area contributed by atoms with Gasteiger partial charge in [0.1, 0.15) is 5.75 Å². The van der Waals surface area contributed by atoms with Crippen LogP contribution < -0.4 is 20.3 Å². The van der Waals surface area contributed by atoms with Gasteiger partial charge in [0.15, 0.2) is 5.11 Å². The second-order valence-electron chi connectivity index (χ2n) is 10.4. The van der Waals surface area contributed by atoms with Crippen LogP contribution in [0.25, 0.3) is 0 Å². The third kappa shape index (κ3) is 6.75. The maximum atomic E-state index is 6.27. The molecule has 7 heteroatoms. The van der Waals surface area contributed by atoms with Gasteiger partial charge in [-0.15, -0.1) is 0 Å². The normalized spacial score (nSPS) is 17.3. The highest BCUT2D eigenvalue weighted by Gasteiger charge is 2.40. The number of nitrogens with one attached hydrogen (secondary N) is 2. The van der Waals surface area contributed by atoms with E-state index in [9.17, 15) is 0 Å². The number of hydrogen-bond donors (Lipinski definition) is 2. The average molecular weight is 489 g/mol. The molecule has 33 heavy (non-hydrogen) atoms. The first kappa shape index (κ1) is 25.6. The lowest BCUT2D eigenvalue weighted by molar-refractivity contribution is 0.101. The molecular formula is C26H37ClN4OS. The Labute approximate surface area is 209 Å². The standard InChI is InChI=1S/C26H37ClN4OS/c1-25(2)15-21(16-26(3,4)29-25)31(17-18-8-11-20(12-9-18)30(5)6)24(33)28-22-14-19(27)10-13-23(22)32-7/h8-14,21,29H,15-17H2,1-7H3,(H,28,33). The second-order valence-corrected chi connectivity index (χ2v) is 11.2. The Morgan fingerprint density at radius 2 is 1.70 bits per heavy atom. The third-order valence-electron chi connectivity index (χ3n) is 6.08. The molecular weight excluding hydrogens is 452 g/mol. The number of hydrogen-bond acceptors (Lipinski definition) is 4. The van der Waals surface area contributed by atoms with Gasteiger partial charge < -0.3 is 25.2 Å². The topological polar surface area (TPSA) is 39.8 Å². The van der Waals surface area contributed by atoms with E-state index in [4.69, 9.17) is 28.6 Å². The number of nitrogens with zero attached hydrogens (tertiary/aromatic N) is 2. The van der Waals surface area contributed by atoms with Crippen LogP contribution in [0, 0.1) is 0 Å². The van der Waals surface area contributed by atoms with Crippen LogP contribution in [0.3, 0.4) is 0 Å². The van der Waals surface area contributed by atoms with Crippen molar-refractivity contribution in [3.8, 4) is 5.75 Å². The summed E-state index contributed by atoms with van der Waals surface area (Å²) in [4.78, 5) is 4.43.